The summed E-state index contributed by atoms with van der Waals surface area (Å²) < 4.78 is 10.7. The molecular weight excluding hydrogens is 438 g/mol. The van der Waals surface area contributed by atoms with Gasteiger partial charge in [0.1, 0.15) is 0 Å². The van der Waals surface area contributed by atoms with Crippen LogP contribution >= 0.6 is 12.2 Å². The number of hydrogen-bond donors (Lipinski definition) is 2. The Labute approximate surface area is 197 Å². The molecule has 2 N–H and O–H groups in total. The van der Waals surface area contributed by atoms with Gasteiger partial charge in [0.05, 0.1) is 31.0 Å². The lowest BCUT2D eigenvalue weighted by molar-refractivity contribution is 0.0602. The van der Waals surface area contributed by atoms with Crippen LogP contribution in [-0.2, 0) is 16.0 Å². The summed E-state index contributed by atoms with van der Waals surface area (Å²) in [4.78, 5) is 29.9. The molecule has 0 unspecified atom stereocenters. The molecular formula is C25H27N3O4S. The Bertz CT molecular complexity index is 1230. The first-order valence-corrected chi connectivity index (χ1v) is 11.3. The quantitative estimate of drug-likeness (QED) is 0.420. The number of H-pyrrole nitrogens is 1. The average Bonchev–Trinajstić information content (AvgIpc) is 3.32. The van der Waals surface area contributed by atoms with Gasteiger partial charge in [0.25, 0.3) is 5.56 Å². The van der Waals surface area contributed by atoms with Gasteiger partial charge >= 0.3 is 5.97 Å². The van der Waals surface area contributed by atoms with Gasteiger partial charge in [-0.3, -0.25) is 4.79 Å². The molecule has 1 aliphatic rings. The summed E-state index contributed by atoms with van der Waals surface area (Å²) in [5.74, 6) is -0.451. The summed E-state index contributed by atoms with van der Waals surface area (Å²) in [6, 6.07) is 14.9. The number of esters is 1. The summed E-state index contributed by atoms with van der Waals surface area (Å²) in [5.41, 5.74) is 3.31. The van der Waals surface area contributed by atoms with Crippen molar-refractivity contribution < 1.29 is 14.3 Å². The van der Waals surface area contributed by atoms with E-state index in [1.165, 1.54) is 7.11 Å². The van der Waals surface area contributed by atoms with Gasteiger partial charge in [-0.2, -0.15) is 0 Å². The molecule has 7 nitrogen and oxygen atoms in total. The fourth-order valence-corrected chi connectivity index (χ4v) is 4.27. The molecule has 1 saturated heterocycles. The number of nitrogens with zero attached hydrogens (tertiary/aromatic N) is 1. The number of methoxy groups -OCH3 is 1. The van der Waals surface area contributed by atoms with Crippen LogP contribution in [0.2, 0.25) is 0 Å². The van der Waals surface area contributed by atoms with Crippen LogP contribution in [0.25, 0.3) is 10.9 Å². The SMILES string of the molecule is COC(=O)c1ccccc1NC(=S)N(Cc1cc2cc(C)ccc2[nH]c1=O)C[C@@H]1CCCO1. The molecule has 0 spiro atoms. The van der Waals surface area contributed by atoms with Gasteiger partial charge in [0.15, 0.2) is 5.11 Å². The summed E-state index contributed by atoms with van der Waals surface area (Å²) in [7, 11) is 1.34. The molecule has 2 aromatic carbocycles. The number of aromatic amines is 1. The second-order valence-electron chi connectivity index (χ2n) is 8.20. The van der Waals surface area contributed by atoms with E-state index in [2.05, 4.69) is 10.3 Å². The molecule has 1 aliphatic heterocycles. The number of thiocarbonyl (C=S) groups is 1. The molecule has 172 valence electrons. The number of ether oxygens (including phenoxy) is 2. The molecule has 3 aromatic rings. The van der Waals surface area contributed by atoms with Crippen LogP contribution in [0.4, 0.5) is 5.69 Å². The number of aromatic nitrogens is 1. The molecule has 8 heteroatoms. The topological polar surface area (TPSA) is 83.7 Å². The minimum absolute atomic E-state index is 0.0300. The summed E-state index contributed by atoms with van der Waals surface area (Å²) in [5, 5.41) is 4.55. The summed E-state index contributed by atoms with van der Waals surface area (Å²) in [6.45, 7) is 3.59. The number of anilines is 1. The van der Waals surface area contributed by atoms with Crippen molar-refractivity contribution in [3.05, 3.63) is 75.6 Å². The Kier molecular flexibility index (Phi) is 7.05. The fourth-order valence-electron chi connectivity index (χ4n) is 4.02. The molecule has 4 rings (SSSR count). The first kappa shape index (κ1) is 22.9. The highest BCUT2D eigenvalue weighted by molar-refractivity contribution is 7.80. The molecule has 1 aromatic heterocycles. The van der Waals surface area contributed by atoms with Crippen molar-refractivity contribution >= 4 is 39.9 Å². The number of aryl methyl sites for hydroxylation is 1. The molecule has 2 heterocycles. The van der Waals surface area contributed by atoms with Gasteiger partial charge < -0.3 is 24.7 Å². The minimum Gasteiger partial charge on any atom is -0.465 e. The van der Waals surface area contributed by atoms with Crippen LogP contribution in [0.5, 0.6) is 0 Å². The molecule has 1 fully saturated rings. The van der Waals surface area contributed by atoms with E-state index < -0.39 is 5.97 Å². The van der Waals surface area contributed by atoms with Crippen molar-refractivity contribution in [3.8, 4) is 0 Å². The van der Waals surface area contributed by atoms with Gasteiger partial charge in [-0.05, 0) is 67.7 Å². The van der Waals surface area contributed by atoms with Gasteiger partial charge in [-0.25, -0.2) is 4.79 Å². The van der Waals surface area contributed by atoms with Crippen molar-refractivity contribution in [3.63, 3.8) is 0 Å². The third kappa shape index (κ3) is 5.40. The Morgan fingerprint density at radius 1 is 1.27 bits per heavy atom. The number of benzene rings is 2. The number of hydrogen-bond acceptors (Lipinski definition) is 5. The molecule has 0 bridgehead atoms. The number of carbonyl (C=O) groups is 1. The Balaban J connectivity index is 1.62. The van der Waals surface area contributed by atoms with Crippen LogP contribution < -0.4 is 10.9 Å². The van der Waals surface area contributed by atoms with Gasteiger partial charge in [-0.15, -0.1) is 0 Å². The van der Waals surface area contributed by atoms with Crippen molar-refractivity contribution in [2.24, 2.45) is 0 Å². The van der Waals surface area contributed by atoms with Crippen molar-refractivity contribution in [2.75, 3.05) is 25.6 Å². The van der Waals surface area contributed by atoms with E-state index in [1.54, 1.807) is 18.2 Å². The zero-order valence-electron chi connectivity index (χ0n) is 18.7. The number of nitrogens with one attached hydrogen (secondary N) is 2. The number of para-hydroxylation sites is 1. The monoisotopic (exact) mass is 465 g/mol. The average molecular weight is 466 g/mol. The van der Waals surface area contributed by atoms with Crippen LogP contribution in [0, 0.1) is 6.92 Å². The predicted molar refractivity (Wildman–Crippen MR) is 133 cm³/mol. The van der Waals surface area contributed by atoms with Crippen molar-refractivity contribution in [1.82, 2.24) is 9.88 Å². The summed E-state index contributed by atoms with van der Waals surface area (Å²) in [6.07, 6.45) is 1.97. The van der Waals surface area contributed by atoms with E-state index in [0.29, 0.717) is 35.0 Å². The first-order valence-electron chi connectivity index (χ1n) is 10.9. The second kappa shape index (κ2) is 10.1. The van der Waals surface area contributed by atoms with Gasteiger partial charge in [-0.1, -0.05) is 23.8 Å². The standard InChI is InChI=1S/C25H27N3O4S/c1-16-9-10-21-17(12-16)13-18(23(29)26-21)14-28(15-19-6-5-11-32-19)25(33)27-22-8-4-3-7-20(22)24(30)31-2/h3-4,7-10,12-13,19H,5-6,11,14-15H2,1-2H3,(H,26,29)(H,27,33)/t19-/m0/s1. The van der Waals surface area contributed by atoms with Gasteiger partial charge in [0, 0.05) is 24.2 Å². The number of fused-ring (bicyclic) bond motifs is 1. The van der Waals surface area contributed by atoms with E-state index in [4.69, 9.17) is 21.7 Å². The van der Waals surface area contributed by atoms with E-state index in [-0.39, 0.29) is 11.7 Å². The maximum absolute atomic E-state index is 12.8. The van der Waals surface area contributed by atoms with E-state index >= 15 is 0 Å². The maximum Gasteiger partial charge on any atom is 0.339 e. The molecule has 0 saturated carbocycles. The van der Waals surface area contributed by atoms with Crippen molar-refractivity contribution in [2.45, 2.75) is 32.4 Å². The lowest BCUT2D eigenvalue weighted by Gasteiger charge is -2.28. The Morgan fingerprint density at radius 3 is 2.85 bits per heavy atom. The summed E-state index contributed by atoms with van der Waals surface area (Å²) >= 11 is 5.73. The van der Waals surface area contributed by atoms with Crippen LogP contribution in [0.1, 0.15) is 34.3 Å². The van der Waals surface area contributed by atoms with E-state index in [9.17, 15) is 9.59 Å². The number of rotatable bonds is 6. The third-order valence-electron chi connectivity index (χ3n) is 5.75. The van der Waals surface area contributed by atoms with Crippen LogP contribution in [0.15, 0.2) is 53.3 Å². The predicted octanol–water partition coefficient (Wildman–Crippen LogP) is 4.00. The normalized spacial score (nSPS) is 15.4. The minimum atomic E-state index is -0.451. The number of pyridine rings is 1. The molecule has 0 amide bonds. The lowest BCUT2D eigenvalue weighted by Crippen LogP contribution is -2.40. The molecule has 0 aliphatic carbocycles. The maximum atomic E-state index is 12.8. The number of carbonyl (C=O) groups excluding carboxylic acids is 1. The third-order valence-corrected chi connectivity index (χ3v) is 6.11. The molecule has 1 atom stereocenters. The lowest BCUT2D eigenvalue weighted by atomic mass is 10.1. The second-order valence-corrected chi connectivity index (χ2v) is 8.58. The highest BCUT2D eigenvalue weighted by Crippen LogP contribution is 2.20. The van der Waals surface area contributed by atoms with E-state index in [0.717, 1.165) is 35.9 Å². The fraction of sp³-hybridized carbons (Fsp3) is 0.320. The largest absolute Gasteiger partial charge is 0.465 e. The Hall–Kier alpha value is -3.23. The Morgan fingerprint density at radius 2 is 2.09 bits per heavy atom. The molecule has 0 radical (unpaired) electrons. The van der Waals surface area contributed by atoms with Crippen LogP contribution in [0.3, 0.4) is 0 Å². The van der Waals surface area contributed by atoms with Crippen LogP contribution in [-0.4, -0.2) is 47.3 Å². The highest BCUT2D eigenvalue weighted by atomic mass is 32.1. The highest BCUT2D eigenvalue weighted by Gasteiger charge is 2.23. The smallest absolute Gasteiger partial charge is 0.339 e. The van der Waals surface area contributed by atoms with Crippen molar-refractivity contribution in [1.29, 1.82) is 0 Å². The molecule has 33 heavy (non-hydrogen) atoms. The zero-order chi connectivity index (χ0) is 23.4. The van der Waals surface area contributed by atoms with E-state index in [1.807, 2.05) is 42.2 Å². The van der Waals surface area contributed by atoms with Gasteiger partial charge in [0.2, 0.25) is 0 Å². The zero-order valence-corrected chi connectivity index (χ0v) is 19.5. The first-order chi connectivity index (χ1) is 15.9.